The molecule has 0 radical (unpaired) electrons. The SMILES string of the molecule is C#CCOc1cccc([C@@H]2CC(=O)Nc3c2cnn3-c2nc3ccccc3s2)c1. The second-order valence-corrected chi connectivity index (χ2v) is 7.70. The predicted molar refractivity (Wildman–Crippen MR) is 113 cm³/mol. The van der Waals surface area contributed by atoms with Gasteiger partial charge in [0.05, 0.1) is 16.4 Å². The lowest BCUT2D eigenvalue weighted by atomic mass is 9.87. The fourth-order valence-electron chi connectivity index (χ4n) is 3.56. The van der Waals surface area contributed by atoms with E-state index in [1.807, 2.05) is 48.5 Å². The molecule has 29 heavy (non-hydrogen) atoms. The molecule has 7 heteroatoms. The number of terminal acetylenes is 1. The van der Waals surface area contributed by atoms with Crippen LogP contribution in [-0.2, 0) is 4.79 Å². The van der Waals surface area contributed by atoms with Gasteiger partial charge in [-0.15, -0.1) is 6.42 Å². The van der Waals surface area contributed by atoms with E-state index in [4.69, 9.17) is 11.2 Å². The molecule has 3 heterocycles. The van der Waals surface area contributed by atoms with E-state index < -0.39 is 0 Å². The highest BCUT2D eigenvalue weighted by atomic mass is 32.1. The fourth-order valence-corrected chi connectivity index (χ4v) is 4.49. The van der Waals surface area contributed by atoms with Crippen molar-refractivity contribution in [1.29, 1.82) is 0 Å². The number of hydrogen-bond donors (Lipinski definition) is 1. The van der Waals surface area contributed by atoms with E-state index in [2.05, 4.69) is 21.3 Å². The summed E-state index contributed by atoms with van der Waals surface area (Å²) in [5.74, 6) is 3.65. The van der Waals surface area contributed by atoms with E-state index >= 15 is 0 Å². The number of nitrogens with zero attached hydrogens (tertiary/aromatic N) is 3. The third kappa shape index (κ3) is 3.13. The highest BCUT2D eigenvalue weighted by Crippen LogP contribution is 2.39. The highest BCUT2D eigenvalue weighted by Gasteiger charge is 2.31. The number of carbonyl (C=O) groups is 1. The van der Waals surface area contributed by atoms with Crippen molar-refractivity contribution in [1.82, 2.24) is 14.8 Å². The second-order valence-electron chi connectivity index (χ2n) is 6.69. The van der Waals surface area contributed by atoms with E-state index in [-0.39, 0.29) is 18.4 Å². The Bertz CT molecular complexity index is 1230. The van der Waals surface area contributed by atoms with Gasteiger partial charge in [0.15, 0.2) is 0 Å². The summed E-state index contributed by atoms with van der Waals surface area (Å²) in [7, 11) is 0. The standard InChI is InChI=1S/C22H16N4O2S/c1-2-10-28-15-7-5-6-14(11-15)16-12-20(27)25-21-17(16)13-23-26(21)22-24-18-8-3-4-9-19(18)29-22/h1,3-9,11,13,16H,10,12H2,(H,25,27)/t16-/m0/s1. The number of nitrogens with one attached hydrogen (secondary N) is 1. The van der Waals surface area contributed by atoms with Gasteiger partial charge in [-0.25, -0.2) is 4.98 Å². The van der Waals surface area contributed by atoms with Crippen molar-refractivity contribution in [3.05, 3.63) is 65.9 Å². The highest BCUT2D eigenvalue weighted by molar-refractivity contribution is 7.20. The van der Waals surface area contributed by atoms with E-state index in [0.29, 0.717) is 18.0 Å². The van der Waals surface area contributed by atoms with Crippen molar-refractivity contribution < 1.29 is 9.53 Å². The lowest BCUT2D eigenvalue weighted by molar-refractivity contribution is -0.116. The molecule has 0 saturated carbocycles. The number of hydrogen-bond acceptors (Lipinski definition) is 5. The van der Waals surface area contributed by atoms with E-state index in [1.54, 1.807) is 10.9 Å². The molecule has 1 atom stereocenters. The molecule has 1 N–H and O–H groups in total. The van der Waals surface area contributed by atoms with Crippen LogP contribution < -0.4 is 10.1 Å². The van der Waals surface area contributed by atoms with Crippen LogP contribution in [0.2, 0.25) is 0 Å². The summed E-state index contributed by atoms with van der Waals surface area (Å²) < 4.78 is 8.33. The fraction of sp³-hybridized carbons (Fsp3) is 0.136. The molecule has 1 aliphatic rings. The van der Waals surface area contributed by atoms with E-state index in [0.717, 1.165) is 26.5 Å². The molecule has 0 saturated heterocycles. The van der Waals surface area contributed by atoms with Crippen molar-refractivity contribution in [2.75, 3.05) is 11.9 Å². The maximum absolute atomic E-state index is 12.5. The van der Waals surface area contributed by atoms with Crippen molar-refractivity contribution in [3.8, 4) is 23.2 Å². The van der Waals surface area contributed by atoms with Gasteiger partial charge in [-0.1, -0.05) is 41.5 Å². The van der Waals surface area contributed by atoms with Gasteiger partial charge in [0, 0.05) is 17.9 Å². The van der Waals surface area contributed by atoms with E-state index in [9.17, 15) is 4.79 Å². The molecule has 142 valence electrons. The number of ether oxygens (including phenoxy) is 1. The Morgan fingerprint density at radius 1 is 1.28 bits per heavy atom. The first kappa shape index (κ1) is 17.5. The molecule has 2 aromatic heterocycles. The normalized spacial score (nSPS) is 15.6. The third-order valence-electron chi connectivity index (χ3n) is 4.87. The number of aromatic nitrogens is 3. The monoisotopic (exact) mass is 400 g/mol. The van der Waals surface area contributed by atoms with Gasteiger partial charge in [0.25, 0.3) is 0 Å². The lowest BCUT2D eigenvalue weighted by Gasteiger charge is -2.23. The first-order valence-corrected chi connectivity index (χ1v) is 9.94. The average Bonchev–Trinajstić information content (AvgIpc) is 3.35. The van der Waals surface area contributed by atoms with Gasteiger partial charge in [-0.05, 0) is 29.8 Å². The maximum Gasteiger partial charge on any atom is 0.226 e. The van der Waals surface area contributed by atoms with Gasteiger partial charge in [0.2, 0.25) is 11.0 Å². The molecule has 0 unspecified atom stereocenters. The Labute approximate surface area is 171 Å². The molecule has 0 fully saturated rings. The topological polar surface area (TPSA) is 69.0 Å². The lowest BCUT2D eigenvalue weighted by Crippen LogP contribution is -2.24. The zero-order chi connectivity index (χ0) is 19.8. The van der Waals surface area contributed by atoms with Gasteiger partial charge in [-0.2, -0.15) is 9.78 Å². The van der Waals surface area contributed by atoms with Crippen molar-refractivity contribution in [2.24, 2.45) is 0 Å². The molecule has 1 amide bonds. The number of carbonyl (C=O) groups excluding carboxylic acids is 1. The first-order valence-electron chi connectivity index (χ1n) is 9.13. The molecule has 2 aromatic carbocycles. The van der Waals surface area contributed by atoms with Crippen LogP contribution in [0.25, 0.3) is 15.3 Å². The number of amides is 1. The van der Waals surface area contributed by atoms with Crippen LogP contribution in [0.3, 0.4) is 0 Å². The summed E-state index contributed by atoms with van der Waals surface area (Å²) >= 11 is 1.54. The second kappa shape index (κ2) is 7.08. The summed E-state index contributed by atoms with van der Waals surface area (Å²) in [6.45, 7) is 0.204. The Balaban J connectivity index is 1.56. The molecule has 0 aliphatic carbocycles. The van der Waals surface area contributed by atoms with Crippen molar-refractivity contribution in [2.45, 2.75) is 12.3 Å². The molecule has 0 bridgehead atoms. The number of thiazole rings is 1. The summed E-state index contributed by atoms with van der Waals surface area (Å²) in [4.78, 5) is 17.2. The number of benzene rings is 2. The Morgan fingerprint density at radius 2 is 2.17 bits per heavy atom. The van der Waals surface area contributed by atoms with Gasteiger partial charge in [0.1, 0.15) is 18.2 Å². The average molecular weight is 400 g/mol. The summed E-state index contributed by atoms with van der Waals surface area (Å²) in [5, 5.41) is 8.23. The van der Waals surface area contributed by atoms with Gasteiger partial charge in [-0.3, -0.25) is 4.79 Å². The zero-order valence-electron chi connectivity index (χ0n) is 15.3. The molecule has 6 nitrogen and oxygen atoms in total. The van der Waals surface area contributed by atoms with Crippen LogP contribution in [0.5, 0.6) is 5.75 Å². The summed E-state index contributed by atoms with van der Waals surface area (Å²) in [5.41, 5.74) is 2.85. The van der Waals surface area contributed by atoms with Crippen LogP contribution >= 0.6 is 11.3 Å². The van der Waals surface area contributed by atoms with Crippen LogP contribution in [-0.4, -0.2) is 27.3 Å². The minimum Gasteiger partial charge on any atom is -0.481 e. The largest absolute Gasteiger partial charge is 0.481 e. The first-order chi connectivity index (χ1) is 14.2. The van der Waals surface area contributed by atoms with Crippen LogP contribution in [0.4, 0.5) is 5.82 Å². The summed E-state index contributed by atoms with van der Waals surface area (Å²) in [6, 6.07) is 15.6. The molecule has 0 spiro atoms. The maximum atomic E-state index is 12.5. The minimum atomic E-state index is -0.115. The quantitative estimate of drug-likeness (QED) is 0.527. The summed E-state index contributed by atoms with van der Waals surface area (Å²) in [6.07, 6.45) is 7.43. The number of para-hydroxylation sites is 1. The Kier molecular flexibility index (Phi) is 4.26. The minimum absolute atomic E-state index is 0.0553. The van der Waals surface area contributed by atoms with Crippen LogP contribution in [0.1, 0.15) is 23.5 Å². The number of rotatable bonds is 4. The van der Waals surface area contributed by atoms with Crippen LogP contribution in [0.15, 0.2) is 54.7 Å². The van der Waals surface area contributed by atoms with Gasteiger partial charge >= 0.3 is 0 Å². The van der Waals surface area contributed by atoms with E-state index in [1.165, 1.54) is 11.3 Å². The molecular weight excluding hydrogens is 384 g/mol. The third-order valence-corrected chi connectivity index (χ3v) is 5.88. The van der Waals surface area contributed by atoms with Crippen LogP contribution in [0, 0.1) is 12.3 Å². The Hall–Kier alpha value is -3.63. The smallest absolute Gasteiger partial charge is 0.226 e. The number of fused-ring (bicyclic) bond motifs is 2. The molecule has 4 aromatic rings. The number of anilines is 1. The molecular formula is C22H16N4O2S. The van der Waals surface area contributed by atoms with Crippen molar-refractivity contribution >= 4 is 33.3 Å². The molecule has 5 rings (SSSR count). The van der Waals surface area contributed by atoms with Crippen molar-refractivity contribution in [3.63, 3.8) is 0 Å². The zero-order valence-corrected chi connectivity index (χ0v) is 16.1. The Morgan fingerprint density at radius 3 is 3.03 bits per heavy atom. The molecule has 1 aliphatic heterocycles. The van der Waals surface area contributed by atoms with Gasteiger partial charge < -0.3 is 10.1 Å². The predicted octanol–water partition coefficient (Wildman–Crippen LogP) is 3.97.